The molecule has 3 nitrogen and oxygen atoms in total. The molecule has 0 aliphatic carbocycles. The maximum absolute atomic E-state index is 12.4. The molecule has 0 bridgehead atoms. The normalized spacial score (nSPS) is 10.1. The molecule has 0 spiro atoms. The molecule has 0 aromatic heterocycles. The highest BCUT2D eigenvalue weighted by Crippen LogP contribution is 2.15. The van der Waals surface area contributed by atoms with E-state index in [2.05, 4.69) is 25.7 Å². The highest BCUT2D eigenvalue weighted by atomic mass is 16.2. The topological polar surface area (TPSA) is 40.5 Å². The van der Waals surface area contributed by atoms with E-state index in [1.54, 1.807) is 4.90 Å². The zero-order chi connectivity index (χ0) is 15.1. The fourth-order valence-electron chi connectivity index (χ4n) is 1.90. The van der Waals surface area contributed by atoms with Crippen LogP contribution in [-0.2, 0) is 0 Å². The van der Waals surface area contributed by atoms with E-state index in [1.165, 1.54) is 0 Å². The monoisotopic (exact) mass is 273 g/mol. The van der Waals surface area contributed by atoms with Crippen LogP contribution in [0.1, 0.15) is 41.8 Å². The Morgan fingerprint density at radius 3 is 2.70 bits per heavy atom. The Kier molecular flexibility index (Phi) is 6.27. The standard InChI is InChI=1S/C17H23NO2/c1-13(2)10-11-18(4)17(20)16-9-5-7-15(14(16)3)8-6-12-19/h5,7,9,13,19H,10-12H2,1-4H3. The van der Waals surface area contributed by atoms with Crippen molar-refractivity contribution in [2.45, 2.75) is 27.2 Å². The molecular formula is C17H23NO2. The van der Waals surface area contributed by atoms with Gasteiger partial charge in [0.05, 0.1) is 0 Å². The summed E-state index contributed by atoms with van der Waals surface area (Å²) in [4.78, 5) is 14.2. The van der Waals surface area contributed by atoms with Crippen molar-refractivity contribution in [2.75, 3.05) is 20.2 Å². The van der Waals surface area contributed by atoms with Crippen LogP contribution in [-0.4, -0.2) is 36.1 Å². The quantitative estimate of drug-likeness (QED) is 0.856. The van der Waals surface area contributed by atoms with Gasteiger partial charge in [0, 0.05) is 24.7 Å². The Bertz CT molecular complexity index is 524. The molecule has 0 radical (unpaired) electrons. The van der Waals surface area contributed by atoms with Gasteiger partial charge in [-0.2, -0.15) is 0 Å². The number of rotatable bonds is 4. The van der Waals surface area contributed by atoms with Gasteiger partial charge in [-0.05, 0) is 37.0 Å². The zero-order valence-corrected chi connectivity index (χ0v) is 12.7. The summed E-state index contributed by atoms with van der Waals surface area (Å²) in [6.45, 7) is 6.77. The molecule has 0 aliphatic heterocycles. The number of aliphatic hydroxyl groups excluding tert-OH is 1. The van der Waals surface area contributed by atoms with Crippen LogP contribution in [0, 0.1) is 24.7 Å². The van der Waals surface area contributed by atoms with Gasteiger partial charge in [0.2, 0.25) is 0 Å². The maximum Gasteiger partial charge on any atom is 0.253 e. The third-order valence-corrected chi connectivity index (χ3v) is 3.25. The molecule has 108 valence electrons. The molecule has 1 amide bonds. The van der Waals surface area contributed by atoms with E-state index in [0.717, 1.165) is 24.1 Å². The molecule has 0 fully saturated rings. The molecule has 0 saturated carbocycles. The number of benzene rings is 1. The molecule has 1 N–H and O–H groups in total. The van der Waals surface area contributed by atoms with E-state index in [4.69, 9.17) is 5.11 Å². The second kappa shape index (κ2) is 7.72. The predicted octanol–water partition coefficient (Wildman–Crippen LogP) is 2.46. The van der Waals surface area contributed by atoms with Crippen LogP contribution in [0.4, 0.5) is 0 Å². The summed E-state index contributed by atoms with van der Waals surface area (Å²) in [6, 6.07) is 5.52. The van der Waals surface area contributed by atoms with Gasteiger partial charge in [0.25, 0.3) is 5.91 Å². The Morgan fingerprint density at radius 2 is 2.10 bits per heavy atom. The molecule has 0 heterocycles. The highest BCUT2D eigenvalue weighted by molar-refractivity contribution is 5.96. The van der Waals surface area contributed by atoms with Gasteiger partial charge in [-0.1, -0.05) is 31.8 Å². The van der Waals surface area contributed by atoms with Crippen LogP contribution in [0.2, 0.25) is 0 Å². The SMILES string of the molecule is Cc1c(C#CCO)cccc1C(=O)N(C)CCC(C)C. The summed E-state index contributed by atoms with van der Waals surface area (Å²) < 4.78 is 0. The number of hydrogen-bond acceptors (Lipinski definition) is 2. The van der Waals surface area contributed by atoms with E-state index in [9.17, 15) is 4.79 Å². The van der Waals surface area contributed by atoms with Gasteiger partial charge in [0.15, 0.2) is 0 Å². The molecule has 1 aromatic rings. The largest absolute Gasteiger partial charge is 0.384 e. The second-order valence-electron chi connectivity index (χ2n) is 5.35. The first kappa shape index (κ1) is 16.3. The molecule has 3 heteroatoms. The minimum Gasteiger partial charge on any atom is -0.384 e. The average Bonchev–Trinajstić information content (AvgIpc) is 2.43. The van der Waals surface area contributed by atoms with Crippen LogP contribution in [0.15, 0.2) is 18.2 Å². The summed E-state index contributed by atoms with van der Waals surface area (Å²) in [5.41, 5.74) is 2.35. The number of hydrogen-bond donors (Lipinski definition) is 1. The Labute approximate surface area is 121 Å². The fourth-order valence-corrected chi connectivity index (χ4v) is 1.90. The van der Waals surface area contributed by atoms with Crippen molar-refractivity contribution < 1.29 is 9.90 Å². The third-order valence-electron chi connectivity index (χ3n) is 3.25. The molecule has 0 atom stereocenters. The lowest BCUT2D eigenvalue weighted by Crippen LogP contribution is -2.29. The van der Waals surface area contributed by atoms with Gasteiger partial charge in [-0.15, -0.1) is 0 Å². The second-order valence-corrected chi connectivity index (χ2v) is 5.35. The molecule has 1 rings (SSSR count). The Hall–Kier alpha value is -1.79. The van der Waals surface area contributed by atoms with E-state index >= 15 is 0 Å². The van der Waals surface area contributed by atoms with Crippen molar-refractivity contribution in [3.05, 3.63) is 34.9 Å². The Morgan fingerprint density at radius 1 is 1.40 bits per heavy atom. The lowest BCUT2D eigenvalue weighted by Gasteiger charge is -2.19. The minimum absolute atomic E-state index is 0.0239. The van der Waals surface area contributed by atoms with E-state index in [1.807, 2.05) is 32.2 Å². The number of nitrogens with zero attached hydrogens (tertiary/aromatic N) is 1. The van der Waals surface area contributed by atoms with Gasteiger partial charge in [0.1, 0.15) is 6.61 Å². The van der Waals surface area contributed by atoms with Crippen molar-refractivity contribution >= 4 is 5.91 Å². The van der Waals surface area contributed by atoms with Crippen molar-refractivity contribution in [1.82, 2.24) is 4.90 Å². The maximum atomic E-state index is 12.4. The molecule has 0 unspecified atom stereocenters. The molecule has 1 aromatic carbocycles. The van der Waals surface area contributed by atoms with Crippen LogP contribution in [0.25, 0.3) is 0 Å². The number of aliphatic hydroxyl groups is 1. The first-order valence-corrected chi connectivity index (χ1v) is 6.92. The van der Waals surface area contributed by atoms with Crippen molar-refractivity contribution in [3.63, 3.8) is 0 Å². The van der Waals surface area contributed by atoms with Crippen LogP contribution in [0.5, 0.6) is 0 Å². The summed E-state index contributed by atoms with van der Waals surface area (Å²) in [7, 11) is 1.83. The molecule has 20 heavy (non-hydrogen) atoms. The van der Waals surface area contributed by atoms with E-state index in [-0.39, 0.29) is 12.5 Å². The fraction of sp³-hybridized carbons (Fsp3) is 0.471. The average molecular weight is 273 g/mol. The first-order chi connectivity index (χ1) is 9.47. The van der Waals surface area contributed by atoms with Gasteiger partial charge in [-0.3, -0.25) is 4.79 Å². The first-order valence-electron chi connectivity index (χ1n) is 6.92. The smallest absolute Gasteiger partial charge is 0.253 e. The summed E-state index contributed by atoms with van der Waals surface area (Å²) in [6.07, 6.45) is 0.991. The van der Waals surface area contributed by atoms with Crippen molar-refractivity contribution in [2.24, 2.45) is 5.92 Å². The number of amides is 1. The highest BCUT2D eigenvalue weighted by Gasteiger charge is 2.15. The Balaban J connectivity index is 2.93. The van der Waals surface area contributed by atoms with Gasteiger partial charge in [-0.25, -0.2) is 0 Å². The van der Waals surface area contributed by atoms with E-state index in [0.29, 0.717) is 11.5 Å². The summed E-state index contributed by atoms with van der Waals surface area (Å²) >= 11 is 0. The van der Waals surface area contributed by atoms with Gasteiger partial charge >= 0.3 is 0 Å². The van der Waals surface area contributed by atoms with Gasteiger partial charge < -0.3 is 10.0 Å². The lowest BCUT2D eigenvalue weighted by molar-refractivity contribution is 0.0788. The minimum atomic E-state index is -0.175. The molecule has 0 aliphatic rings. The van der Waals surface area contributed by atoms with Crippen molar-refractivity contribution in [3.8, 4) is 11.8 Å². The molecule has 0 saturated heterocycles. The van der Waals surface area contributed by atoms with Crippen molar-refractivity contribution in [1.29, 1.82) is 0 Å². The van der Waals surface area contributed by atoms with Crippen LogP contribution in [0.3, 0.4) is 0 Å². The number of carbonyl (C=O) groups excluding carboxylic acids is 1. The van der Waals surface area contributed by atoms with E-state index < -0.39 is 0 Å². The van der Waals surface area contributed by atoms with Crippen LogP contribution < -0.4 is 0 Å². The zero-order valence-electron chi connectivity index (χ0n) is 12.7. The summed E-state index contributed by atoms with van der Waals surface area (Å²) in [5.74, 6) is 6.10. The lowest BCUT2D eigenvalue weighted by atomic mass is 10.0. The predicted molar refractivity (Wildman–Crippen MR) is 81.6 cm³/mol. The molecular weight excluding hydrogens is 250 g/mol. The third kappa shape index (κ3) is 4.40. The number of carbonyl (C=O) groups is 1. The summed E-state index contributed by atoms with van der Waals surface area (Å²) in [5, 5.41) is 8.76. The van der Waals surface area contributed by atoms with Crippen LogP contribution >= 0.6 is 0 Å².